The second-order valence-electron chi connectivity index (χ2n) is 6.66. The second kappa shape index (κ2) is 4.42. The molecular formula is C15H18N4O3. The largest absolute Gasteiger partial charge is 0.377 e. The highest BCUT2D eigenvalue weighted by molar-refractivity contribution is 5.63. The van der Waals surface area contributed by atoms with Crippen LogP contribution >= 0.6 is 0 Å². The molecular weight excluding hydrogens is 284 g/mol. The molecule has 0 spiro atoms. The van der Waals surface area contributed by atoms with Crippen molar-refractivity contribution in [3.05, 3.63) is 34.5 Å². The van der Waals surface area contributed by atoms with Gasteiger partial charge in [-0.1, -0.05) is 19.9 Å². The first-order valence-corrected chi connectivity index (χ1v) is 7.50. The van der Waals surface area contributed by atoms with E-state index in [-0.39, 0.29) is 28.3 Å². The van der Waals surface area contributed by atoms with E-state index in [2.05, 4.69) is 24.1 Å². The van der Waals surface area contributed by atoms with Gasteiger partial charge >= 0.3 is 5.82 Å². The quantitative estimate of drug-likeness (QED) is 0.695. The first kappa shape index (κ1) is 13.5. The first-order valence-electron chi connectivity index (χ1n) is 7.50. The van der Waals surface area contributed by atoms with Crippen LogP contribution in [0.1, 0.15) is 20.3 Å². The van der Waals surface area contributed by atoms with Crippen LogP contribution in [-0.2, 0) is 4.74 Å². The summed E-state index contributed by atoms with van der Waals surface area (Å²) in [5, 5.41) is 14.8. The predicted octanol–water partition coefficient (Wildman–Crippen LogP) is 2.47. The van der Waals surface area contributed by atoms with Crippen LogP contribution in [0.2, 0.25) is 0 Å². The number of hydrogen-bond donors (Lipinski definition) is 1. The van der Waals surface area contributed by atoms with Gasteiger partial charge in [0.15, 0.2) is 0 Å². The van der Waals surface area contributed by atoms with Gasteiger partial charge in [0.05, 0.1) is 12.3 Å². The van der Waals surface area contributed by atoms with Crippen molar-refractivity contribution in [3.63, 3.8) is 0 Å². The van der Waals surface area contributed by atoms with Gasteiger partial charge in [-0.3, -0.25) is 0 Å². The van der Waals surface area contributed by atoms with E-state index < -0.39 is 0 Å². The Labute approximate surface area is 127 Å². The Hall–Kier alpha value is -2.15. The van der Waals surface area contributed by atoms with Crippen molar-refractivity contribution < 1.29 is 9.66 Å². The van der Waals surface area contributed by atoms with E-state index in [4.69, 9.17) is 4.74 Å². The zero-order valence-electron chi connectivity index (χ0n) is 12.5. The fraction of sp³-hybridized carbons (Fsp3) is 0.533. The number of ether oxygens (including phenoxy) is 1. The van der Waals surface area contributed by atoms with Crippen molar-refractivity contribution in [2.45, 2.75) is 32.4 Å². The Morgan fingerprint density at radius 1 is 1.50 bits per heavy atom. The molecule has 0 radical (unpaired) electrons. The van der Waals surface area contributed by atoms with Gasteiger partial charge in [0.1, 0.15) is 0 Å². The number of hydrogen-bond acceptors (Lipinski definition) is 5. The Kier molecular flexibility index (Phi) is 2.72. The van der Waals surface area contributed by atoms with Gasteiger partial charge < -0.3 is 20.2 Å². The summed E-state index contributed by atoms with van der Waals surface area (Å²) in [6.45, 7) is 5.04. The van der Waals surface area contributed by atoms with Gasteiger partial charge in [-0.15, -0.1) is 0 Å². The lowest BCUT2D eigenvalue weighted by molar-refractivity contribution is -0.389. The molecule has 0 amide bonds. The average molecular weight is 302 g/mol. The lowest BCUT2D eigenvalue weighted by Crippen LogP contribution is -2.63. The minimum absolute atomic E-state index is 0.00577. The third-order valence-electron chi connectivity index (χ3n) is 5.07. The minimum Gasteiger partial charge on any atom is -0.377 e. The standard InChI is InChI=1S/C15H18N4O3/c1-15(2)11(9-6-8-22-12(9)15)17-13-14(19(20)21)18-7-4-3-5-10(18)16-13/h3-5,7,9,11-12,17H,6,8H2,1-2H3/t9-,11-,12-/m1/s1. The molecule has 2 aromatic heterocycles. The van der Waals surface area contributed by atoms with Crippen LogP contribution in [0.3, 0.4) is 0 Å². The Morgan fingerprint density at radius 2 is 2.32 bits per heavy atom. The van der Waals surface area contributed by atoms with Crippen molar-refractivity contribution in [1.29, 1.82) is 0 Å². The molecule has 1 N–H and O–H groups in total. The van der Waals surface area contributed by atoms with Crippen LogP contribution in [0.15, 0.2) is 24.4 Å². The molecule has 7 nitrogen and oxygen atoms in total. The van der Waals surface area contributed by atoms with E-state index in [1.54, 1.807) is 18.3 Å². The summed E-state index contributed by atoms with van der Waals surface area (Å²) in [6.07, 6.45) is 2.90. The van der Waals surface area contributed by atoms with Crippen LogP contribution in [-0.4, -0.2) is 33.1 Å². The number of anilines is 1. The molecule has 116 valence electrons. The van der Waals surface area contributed by atoms with Crippen molar-refractivity contribution in [1.82, 2.24) is 9.38 Å². The molecule has 2 aromatic rings. The topological polar surface area (TPSA) is 81.7 Å². The lowest BCUT2D eigenvalue weighted by Gasteiger charge is -2.54. The fourth-order valence-corrected chi connectivity index (χ4v) is 4.02. The van der Waals surface area contributed by atoms with E-state index >= 15 is 0 Å². The molecule has 2 aliphatic rings. The molecule has 1 saturated heterocycles. The maximum atomic E-state index is 11.5. The average Bonchev–Trinajstić information content (AvgIpc) is 3.07. The number of imidazole rings is 1. The van der Waals surface area contributed by atoms with Crippen LogP contribution in [0, 0.1) is 21.4 Å². The molecule has 22 heavy (non-hydrogen) atoms. The molecule has 0 aromatic carbocycles. The molecule has 7 heteroatoms. The Balaban J connectivity index is 1.73. The zero-order valence-corrected chi connectivity index (χ0v) is 12.5. The number of fused-ring (bicyclic) bond motifs is 2. The number of nitro groups is 1. The van der Waals surface area contributed by atoms with Crippen LogP contribution < -0.4 is 5.32 Å². The maximum Gasteiger partial charge on any atom is 0.372 e. The molecule has 1 saturated carbocycles. The van der Waals surface area contributed by atoms with E-state index in [9.17, 15) is 10.1 Å². The van der Waals surface area contributed by atoms with E-state index in [0.29, 0.717) is 17.4 Å². The van der Waals surface area contributed by atoms with E-state index in [1.165, 1.54) is 4.40 Å². The highest BCUT2D eigenvalue weighted by atomic mass is 16.6. The monoisotopic (exact) mass is 302 g/mol. The van der Waals surface area contributed by atoms with Gasteiger partial charge in [-0.2, -0.15) is 9.38 Å². The van der Waals surface area contributed by atoms with Gasteiger partial charge in [-0.05, 0) is 17.4 Å². The van der Waals surface area contributed by atoms with Gasteiger partial charge in [0.2, 0.25) is 11.5 Å². The van der Waals surface area contributed by atoms with Crippen molar-refractivity contribution in [3.8, 4) is 0 Å². The molecule has 0 bridgehead atoms. The number of pyridine rings is 1. The van der Waals surface area contributed by atoms with Gasteiger partial charge in [0, 0.05) is 30.0 Å². The summed E-state index contributed by atoms with van der Waals surface area (Å²) in [4.78, 5) is 15.5. The number of aromatic nitrogens is 2. The minimum atomic E-state index is -0.378. The molecule has 2 fully saturated rings. The maximum absolute atomic E-state index is 11.5. The summed E-state index contributed by atoms with van der Waals surface area (Å²) in [7, 11) is 0. The summed E-state index contributed by atoms with van der Waals surface area (Å²) in [5.74, 6) is 0.743. The van der Waals surface area contributed by atoms with E-state index in [1.807, 2.05) is 6.07 Å². The van der Waals surface area contributed by atoms with Crippen LogP contribution in [0.4, 0.5) is 11.6 Å². The van der Waals surface area contributed by atoms with Crippen LogP contribution in [0.5, 0.6) is 0 Å². The lowest BCUT2D eigenvalue weighted by atomic mass is 9.57. The first-order chi connectivity index (χ1) is 10.5. The summed E-state index contributed by atoms with van der Waals surface area (Å²) < 4.78 is 7.28. The molecule has 0 unspecified atom stereocenters. The second-order valence-corrected chi connectivity index (χ2v) is 6.66. The molecule has 3 atom stereocenters. The van der Waals surface area contributed by atoms with Crippen molar-refractivity contribution in [2.24, 2.45) is 11.3 Å². The molecule has 1 aliphatic carbocycles. The van der Waals surface area contributed by atoms with Crippen LogP contribution in [0.25, 0.3) is 5.65 Å². The number of nitrogens with one attached hydrogen (secondary N) is 1. The normalized spacial score (nSPS) is 29.1. The predicted molar refractivity (Wildman–Crippen MR) is 80.9 cm³/mol. The number of rotatable bonds is 3. The summed E-state index contributed by atoms with van der Waals surface area (Å²) in [5.41, 5.74) is 0.526. The van der Waals surface area contributed by atoms with E-state index in [0.717, 1.165) is 13.0 Å². The zero-order chi connectivity index (χ0) is 15.5. The molecule has 3 heterocycles. The summed E-state index contributed by atoms with van der Waals surface area (Å²) in [6, 6.07) is 5.50. The smallest absolute Gasteiger partial charge is 0.372 e. The highest BCUT2D eigenvalue weighted by Crippen LogP contribution is 2.53. The number of nitrogens with zero attached hydrogens (tertiary/aromatic N) is 3. The SMILES string of the molecule is CC1(C)[C@H](Nc2nc3ccccn3c2[N+](=O)[O-])[C@H]2CCO[C@H]21. The molecule has 1 aliphatic heterocycles. The Bertz CT molecular complexity index is 754. The van der Waals surface area contributed by atoms with Gasteiger partial charge in [-0.25, -0.2) is 0 Å². The highest BCUT2D eigenvalue weighted by Gasteiger charge is 2.59. The van der Waals surface area contributed by atoms with Crippen molar-refractivity contribution >= 4 is 17.3 Å². The molecule has 4 rings (SSSR count). The third-order valence-corrected chi connectivity index (χ3v) is 5.07. The van der Waals surface area contributed by atoms with Crippen molar-refractivity contribution in [2.75, 3.05) is 11.9 Å². The Morgan fingerprint density at radius 3 is 3.09 bits per heavy atom. The summed E-state index contributed by atoms with van der Waals surface area (Å²) >= 11 is 0. The van der Waals surface area contributed by atoms with Gasteiger partial charge in [0.25, 0.3) is 0 Å². The fourth-order valence-electron chi connectivity index (χ4n) is 4.02. The third kappa shape index (κ3) is 1.68.